The van der Waals surface area contributed by atoms with Gasteiger partial charge >= 0.3 is 6.09 Å². The van der Waals surface area contributed by atoms with E-state index in [1.54, 1.807) is 11.8 Å². The van der Waals surface area contributed by atoms with Gasteiger partial charge in [0, 0.05) is 13.1 Å². The van der Waals surface area contributed by atoms with Crippen molar-refractivity contribution in [1.29, 1.82) is 0 Å². The fraction of sp³-hybridized carbons (Fsp3) is 0.786. The smallest absolute Gasteiger partial charge is 0.410 e. The second-order valence-corrected chi connectivity index (χ2v) is 6.45. The van der Waals surface area contributed by atoms with Gasteiger partial charge in [-0.15, -0.1) is 0 Å². The fourth-order valence-electron chi connectivity index (χ4n) is 2.60. The van der Waals surface area contributed by atoms with Crippen LogP contribution in [-0.4, -0.2) is 47.5 Å². The van der Waals surface area contributed by atoms with Crippen molar-refractivity contribution in [3.05, 3.63) is 0 Å². The third-order valence-corrected chi connectivity index (χ3v) is 3.46. The lowest BCUT2D eigenvalue weighted by Gasteiger charge is -2.30. The normalized spacial score (nSPS) is 27.1. The third kappa shape index (κ3) is 3.49. The zero-order valence-corrected chi connectivity index (χ0v) is 12.6. The van der Waals surface area contributed by atoms with Gasteiger partial charge < -0.3 is 15.0 Å². The predicted molar refractivity (Wildman–Crippen MR) is 75.6 cm³/mol. The number of rotatable bonds is 0. The summed E-state index contributed by atoms with van der Waals surface area (Å²) in [4.78, 5) is 30.3. The summed E-state index contributed by atoms with van der Waals surface area (Å²) in [5.74, 6) is 0.355. The van der Waals surface area contributed by atoms with Gasteiger partial charge in [0.05, 0.1) is 12.0 Å². The third-order valence-electron chi connectivity index (χ3n) is 3.46. The molecule has 2 aliphatic rings. The van der Waals surface area contributed by atoms with Crippen LogP contribution >= 0.6 is 0 Å². The number of aliphatic imine (C=N–C) groups is 1. The van der Waals surface area contributed by atoms with Gasteiger partial charge in [0.25, 0.3) is 0 Å². The Kier molecular flexibility index (Phi) is 4.01. The van der Waals surface area contributed by atoms with Crippen LogP contribution in [0.15, 0.2) is 4.99 Å². The van der Waals surface area contributed by atoms with E-state index in [9.17, 15) is 9.59 Å². The first-order valence-corrected chi connectivity index (χ1v) is 7.09. The minimum absolute atomic E-state index is 0.0174. The van der Waals surface area contributed by atoms with Crippen molar-refractivity contribution < 1.29 is 14.3 Å². The van der Waals surface area contributed by atoms with Gasteiger partial charge in [0.15, 0.2) is 0 Å². The Bertz CT molecular complexity index is 439. The number of carbonyl (C=O) groups is 2. The molecular weight excluding hydrogens is 258 g/mol. The van der Waals surface area contributed by atoms with Crippen molar-refractivity contribution in [2.75, 3.05) is 13.1 Å². The Morgan fingerprint density at radius 1 is 1.45 bits per heavy atom. The minimum Gasteiger partial charge on any atom is -0.444 e. The second kappa shape index (κ2) is 5.42. The molecule has 2 amide bonds. The number of amides is 2. The van der Waals surface area contributed by atoms with Crippen LogP contribution in [0.2, 0.25) is 0 Å². The molecule has 1 saturated heterocycles. The van der Waals surface area contributed by atoms with Gasteiger partial charge in [-0.05, 0) is 40.5 Å². The molecule has 0 spiro atoms. The van der Waals surface area contributed by atoms with E-state index in [1.165, 1.54) is 0 Å². The molecule has 0 aromatic rings. The Morgan fingerprint density at radius 2 is 2.15 bits per heavy atom. The largest absolute Gasteiger partial charge is 0.444 e. The van der Waals surface area contributed by atoms with Gasteiger partial charge in [0.2, 0.25) is 5.91 Å². The number of amidine groups is 1. The first-order valence-electron chi connectivity index (χ1n) is 7.09. The molecule has 20 heavy (non-hydrogen) atoms. The van der Waals surface area contributed by atoms with E-state index in [1.807, 2.05) is 20.8 Å². The summed E-state index contributed by atoms with van der Waals surface area (Å²) in [6, 6.07) is -0.0174. The molecule has 2 heterocycles. The first-order chi connectivity index (χ1) is 9.26. The molecule has 112 valence electrons. The van der Waals surface area contributed by atoms with Crippen LogP contribution < -0.4 is 5.32 Å². The standard InChI is InChI=1S/C14H23N3O3/c1-9-15-11-6-5-7-17(8-10(11)12(18)16-9)13(19)20-14(2,3)4/h10-11H,5-8H2,1-4H3,(H,15,16,18). The van der Waals surface area contributed by atoms with Crippen LogP contribution in [0, 0.1) is 5.92 Å². The first kappa shape index (κ1) is 14.8. The lowest BCUT2D eigenvalue weighted by Crippen LogP contribution is -2.49. The molecule has 0 bridgehead atoms. The molecular formula is C14H23N3O3. The van der Waals surface area contributed by atoms with Crippen LogP contribution in [0.5, 0.6) is 0 Å². The van der Waals surface area contributed by atoms with E-state index < -0.39 is 5.60 Å². The highest BCUT2D eigenvalue weighted by atomic mass is 16.6. The number of hydrogen-bond donors (Lipinski definition) is 1. The quantitative estimate of drug-likeness (QED) is 0.732. The molecule has 0 aromatic carbocycles. The van der Waals surface area contributed by atoms with Crippen LogP contribution in [0.3, 0.4) is 0 Å². The number of hydrogen-bond acceptors (Lipinski definition) is 4. The van der Waals surface area contributed by atoms with E-state index in [-0.39, 0.29) is 24.0 Å². The van der Waals surface area contributed by atoms with Crippen molar-refractivity contribution in [1.82, 2.24) is 10.2 Å². The monoisotopic (exact) mass is 281 g/mol. The molecule has 0 aliphatic carbocycles. The van der Waals surface area contributed by atoms with E-state index in [2.05, 4.69) is 10.3 Å². The maximum absolute atomic E-state index is 12.1. The van der Waals surface area contributed by atoms with Crippen molar-refractivity contribution >= 4 is 17.8 Å². The second-order valence-electron chi connectivity index (χ2n) is 6.45. The highest BCUT2D eigenvalue weighted by Crippen LogP contribution is 2.24. The number of likely N-dealkylation sites (tertiary alicyclic amines) is 1. The van der Waals surface area contributed by atoms with Crippen molar-refractivity contribution in [3.63, 3.8) is 0 Å². The highest BCUT2D eigenvalue weighted by Gasteiger charge is 2.37. The maximum atomic E-state index is 12.1. The summed E-state index contributed by atoms with van der Waals surface area (Å²) in [6.07, 6.45) is 1.32. The molecule has 2 rings (SSSR count). The summed E-state index contributed by atoms with van der Waals surface area (Å²) < 4.78 is 5.39. The summed E-state index contributed by atoms with van der Waals surface area (Å²) in [6.45, 7) is 8.31. The molecule has 6 nitrogen and oxygen atoms in total. The van der Waals surface area contributed by atoms with Crippen LogP contribution in [0.1, 0.15) is 40.5 Å². The van der Waals surface area contributed by atoms with Gasteiger partial charge in [-0.3, -0.25) is 9.79 Å². The molecule has 2 aliphatic heterocycles. The lowest BCUT2D eigenvalue weighted by molar-refractivity contribution is -0.125. The minimum atomic E-state index is -0.521. The molecule has 1 fully saturated rings. The summed E-state index contributed by atoms with van der Waals surface area (Å²) >= 11 is 0. The highest BCUT2D eigenvalue weighted by molar-refractivity contribution is 6.00. The zero-order valence-electron chi connectivity index (χ0n) is 12.6. The summed E-state index contributed by atoms with van der Waals surface area (Å²) in [5.41, 5.74) is -0.521. The molecule has 2 unspecified atom stereocenters. The molecule has 0 radical (unpaired) electrons. The number of nitrogens with one attached hydrogen (secondary N) is 1. The molecule has 2 atom stereocenters. The number of carbonyl (C=O) groups excluding carboxylic acids is 2. The Labute approximate surface area is 119 Å². The Morgan fingerprint density at radius 3 is 2.80 bits per heavy atom. The predicted octanol–water partition coefficient (Wildman–Crippen LogP) is 1.55. The number of nitrogens with zero attached hydrogens (tertiary/aromatic N) is 2. The fourth-order valence-corrected chi connectivity index (χ4v) is 2.60. The zero-order chi connectivity index (χ0) is 14.9. The molecule has 6 heteroatoms. The molecule has 0 saturated carbocycles. The van der Waals surface area contributed by atoms with Crippen LogP contribution in [0.4, 0.5) is 4.79 Å². The van der Waals surface area contributed by atoms with Crippen LogP contribution in [0.25, 0.3) is 0 Å². The van der Waals surface area contributed by atoms with Crippen molar-refractivity contribution in [2.45, 2.75) is 52.2 Å². The van der Waals surface area contributed by atoms with Gasteiger partial charge in [-0.25, -0.2) is 4.79 Å². The van der Waals surface area contributed by atoms with E-state index in [0.29, 0.717) is 18.9 Å². The Balaban J connectivity index is 2.09. The average Bonchev–Trinajstić information content (AvgIpc) is 2.49. The van der Waals surface area contributed by atoms with E-state index in [4.69, 9.17) is 4.74 Å². The molecule has 0 aromatic heterocycles. The average molecular weight is 281 g/mol. The molecule has 1 N–H and O–H groups in total. The topological polar surface area (TPSA) is 71.0 Å². The number of fused-ring (bicyclic) bond motifs is 1. The number of ether oxygens (including phenoxy) is 1. The maximum Gasteiger partial charge on any atom is 0.410 e. The van der Waals surface area contributed by atoms with Gasteiger partial charge in [0.1, 0.15) is 11.4 Å². The summed E-state index contributed by atoms with van der Waals surface area (Å²) in [5, 5.41) is 2.75. The SMILES string of the molecule is CC1=NC2CCCN(C(=O)OC(C)(C)C)CC2C(=O)N1. The van der Waals surface area contributed by atoms with Crippen LogP contribution in [-0.2, 0) is 9.53 Å². The Hall–Kier alpha value is -1.59. The lowest BCUT2D eigenvalue weighted by atomic mass is 9.95. The van der Waals surface area contributed by atoms with Crippen molar-refractivity contribution in [3.8, 4) is 0 Å². The van der Waals surface area contributed by atoms with Gasteiger partial charge in [-0.2, -0.15) is 0 Å². The van der Waals surface area contributed by atoms with Gasteiger partial charge in [-0.1, -0.05) is 0 Å². The summed E-state index contributed by atoms with van der Waals surface area (Å²) in [7, 11) is 0. The van der Waals surface area contributed by atoms with E-state index >= 15 is 0 Å². The van der Waals surface area contributed by atoms with E-state index in [0.717, 1.165) is 12.8 Å². The van der Waals surface area contributed by atoms with Crippen molar-refractivity contribution in [2.24, 2.45) is 10.9 Å².